The molecule has 2 fully saturated rings. The highest BCUT2D eigenvalue weighted by atomic mass is 16.2. The fraction of sp³-hybridized carbons (Fsp3) is 0.941. The summed E-state index contributed by atoms with van der Waals surface area (Å²) in [7, 11) is 0. The van der Waals surface area contributed by atoms with E-state index in [0.717, 1.165) is 32.4 Å². The predicted molar refractivity (Wildman–Crippen MR) is 83.6 cm³/mol. The molecule has 0 spiro atoms. The van der Waals surface area contributed by atoms with E-state index in [4.69, 9.17) is 0 Å². The van der Waals surface area contributed by atoms with Gasteiger partial charge in [0, 0.05) is 12.6 Å². The molecule has 2 atom stereocenters. The van der Waals surface area contributed by atoms with Crippen LogP contribution in [0.2, 0.25) is 0 Å². The van der Waals surface area contributed by atoms with Crippen molar-refractivity contribution in [3.63, 3.8) is 0 Å². The first-order chi connectivity index (χ1) is 9.68. The van der Waals surface area contributed by atoms with E-state index in [-0.39, 0.29) is 5.41 Å². The van der Waals surface area contributed by atoms with Gasteiger partial charge in [-0.05, 0) is 51.5 Å². The normalized spacial score (nSPS) is 30.5. The molecule has 1 heterocycles. The summed E-state index contributed by atoms with van der Waals surface area (Å²) in [4.78, 5) is 12.7. The van der Waals surface area contributed by atoms with Crippen molar-refractivity contribution in [2.24, 2.45) is 11.3 Å². The fourth-order valence-corrected chi connectivity index (χ4v) is 3.91. The monoisotopic (exact) mass is 280 g/mol. The molecule has 116 valence electrons. The number of amides is 1. The van der Waals surface area contributed by atoms with Crippen LogP contribution in [0.15, 0.2) is 0 Å². The minimum absolute atomic E-state index is 0.156. The van der Waals surface area contributed by atoms with Crippen molar-refractivity contribution >= 4 is 5.91 Å². The van der Waals surface area contributed by atoms with Gasteiger partial charge >= 0.3 is 0 Å². The highest BCUT2D eigenvalue weighted by molar-refractivity contribution is 5.83. The molecule has 0 bridgehead atoms. The SMILES string of the molecule is CCC1(C(=O)N[C@H](C)C2CCCCCC2)CCCNC1. The number of carbonyl (C=O) groups excluding carboxylic acids is 1. The van der Waals surface area contributed by atoms with E-state index in [1.807, 2.05) is 0 Å². The molecule has 0 radical (unpaired) electrons. The average Bonchev–Trinajstić information content (AvgIpc) is 2.77. The van der Waals surface area contributed by atoms with E-state index in [1.54, 1.807) is 0 Å². The summed E-state index contributed by atoms with van der Waals surface area (Å²) in [5, 5.41) is 6.77. The number of carbonyl (C=O) groups is 1. The quantitative estimate of drug-likeness (QED) is 0.776. The lowest BCUT2D eigenvalue weighted by molar-refractivity contribution is -0.133. The Morgan fingerprint density at radius 3 is 2.50 bits per heavy atom. The van der Waals surface area contributed by atoms with Crippen molar-refractivity contribution in [2.45, 2.75) is 77.7 Å². The summed E-state index contributed by atoms with van der Waals surface area (Å²) in [6.45, 7) is 6.29. The second-order valence-electron chi connectivity index (χ2n) is 6.93. The Morgan fingerprint density at radius 2 is 1.95 bits per heavy atom. The largest absolute Gasteiger partial charge is 0.353 e. The first-order valence-corrected chi connectivity index (χ1v) is 8.69. The Bertz CT molecular complexity index is 302. The van der Waals surface area contributed by atoms with Crippen LogP contribution in [-0.2, 0) is 4.79 Å². The van der Waals surface area contributed by atoms with Crippen molar-refractivity contribution < 1.29 is 4.79 Å². The van der Waals surface area contributed by atoms with Crippen LogP contribution in [0.25, 0.3) is 0 Å². The maximum Gasteiger partial charge on any atom is 0.227 e. The standard InChI is InChI=1S/C17H32N2O/c1-3-17(11-8-12-18-13-17)16(20)19-14(2)15-9-6-4-5-7-10-15/h14-15,18H,3-13H2,1-2H3,(H,19,20)/t14-,17?/m1/s1. The maximum absolute atomic E-state index is 12.7. The third-order valence-electron chi connectivity index (χ3n) is 5.60. The van der Waals surface area contributed by atoms with E-state index in [0.29, 0.717) is 17.9 Å². The van der Waals surface area contributed by atoms with Gasteiger partial charge in [0.2, 0.25) is 5.91 Å². The zero-order chi connectivity index (χ0) is 14.4. The Morgan fingerprint density at radius 1 is 1.25 bits per heavy atom. The van der Waals surface area contributed by atoms with E-state index >= 15 is 0 Å². The number of rotatable bonds is 4. The minimum Gasteiger partial charge on any atom is -0.353 e. The van der Waals surface area contributed by atoms with Crippen LogP contribution in [0.4, 0.5) is 0 Å². The van der Waals surface area contributed by atoms with Gasteiger partial charge in [-0.2, -0.15) is 0 Å². The summed E-state index contributed by atoms with van der Waals surface area (Å²) in [5.74, 6) is 0.982. The maximum atomic E-state index is 12.7. The van der Waals surface area contributed by atoms with E-state index in [2.05, 4.69) is 24.5 Å². The zero-order valence-corrected chi connectivity index (χ0v) is 13.3. The van der Waals surface area contributed by atoms with Crippen molar-refractivity contribution in [3.8, 4) is 0 Å². The van der Waals surface area contributed by atoms with Crippen LogP contribution in [0.3, 0.4) is 0 Å². The summed E-state index contributed by atoms with van der Waals surface area (Å²) < 4.78 is 0. The van der Waals surface area contributed by atoms with Gasteiger partial charge < -0.3 is 10.6 Å². The Hall–Kier alpha value is -0.570. The molecule has 1 saturated carbocycles. The van der Waals surface area contributed by atoms with Crippen molar-refractivity contribution in [1.82, 2.24) is 10.6 Å². The lowest BCUT2D eigenvalue weighted by Gasteiger charge is -2.37. The molecule has 3 nitrogen and oxygen atoms in total. The van der Waals surface area contributed by atoms with Gasteiger partial charge in [0.05, 0.1) is 5.41 Å². The van der Waals surface area contributed by atoms with Gasteiger partial charge in [-0.3, -0.25) is 4.79 Å². The topological polar surface area (TPSA) is 41.1 Å². The van der Waals surface area contributed by atoms with Gasteiger partial charge in [-0.15, -0.1) is 0 Å². The fourth-order valence-electron chi connectivity index (χ4n) is 3.91. The molecule has 0 aromatic rings. The molecule has 1 saturated heterocycles. The summed E-state index contributed by atoms with van der Waals surface area (Å²) in [5.41, 5.74) is -0.156. The van der Waals surface area contributed by atoms with Crippen LogP contribution in [-0.4, -0.2) is 25.0 Å². The Labute approximate surface area is 124 Å². The highest BCUT2D eigenvalue weighted by Gasteiger charge is 2.38. The third-order valence-corrected chi connectivity index (χ3v) is 5.60. The molecule has 2 N–H and O–H groups in total. The van der Waals surface area contributed by atoms with E-state index < -0.39 is 0 Å². The van der Waals surface area contributed by atoms with Crippen LogP contribution in [0.5, 0.6) is 0 Å². The predicted octanol–water partition coefficient (Wildman–Crippen LogP) is 3.24. The molecule has 0 aromatic carbocycles. The molecular weight excluding hydrogens is 248 g/mol. The molecule has 20 heavy (non-hydrogen) atoms. The third kappa shape index (κ3) is 3.75. The second-order valence-corrected chi connectivity index (χ2v) is 6.93. The Kier molecular flexibility index (Phi) is 5.88. The van der Waals surface area contributed by atoms with Crippen molar-refractivity contribution in [3.05, 3.63) is 0 Å². The molecule has 1 amide bonds. The first kappa shape index (κ1) is 15.8. The average molecular weight is 280 g/mol. The van der Waals surface area contributed by atoms with Crippen molar-refractivity contribution in [1.29, 1.82) is 0 Å². The molecule has 3 heteroatoms. The second kappa shape index (κ2) is 7.44. The summed E-state index contributed by atoms with van der Waals surface area (Å²) >= 11 is 0. The van der Waals surface area contributed by atoms with Crippen molar-refractivity contribution in [2.75, 3.05) is 13.1 Å². The van der Waals surface area contributed by atoms with Crippen LogP contribution in [0, 0.1) is 11.3 Å². The molecule has 0 aromatic heterocycles. The molecule has 1 aliphatic carbocycles. The van der Waals surface area contributed by atoms with Gasteiger partial charge in [0.1, 0.15) is 0 Å². The lowest BCUT2D eigenvalue weighted by Crippen LogP contribution is -2.53. The molecular formula is C17H32N2O. The smallest absolute Gasteiger partial charge is 0.227 e. The first-order valence-electron chi connectivity index (χ1n) is 8.69. The van der Waals surface area contributed by atoms with Crippen LogP contribution in [0.1, 0.15) is 71.6 Å². The molecule has 1 aliphatic heterocycles. The van der Waals surface area contributed by atoms with Crippen LogP contribution < -0.4 is 10.6 Å². The van der Waals surface area contributed by atoms with Crippen LogP contribution >= 0.6 is 0 Å². The lowest BCUT2D eigenvalue weighted by atomic mass is 9.77. The molecule has 1 unspecified atom stereocenters. The number of piperidine rings is 1. The molecule has 2 aliphatic rings. The van der Waals surface area contributed by atoms with Gasteiger partial charge in [0.15, 0.2) is 0 Å². The van der Waals surface area contributed by atoms with E-state index in [9.17, 15) is 4.79 Å². The van der Waals surface area contributed by atoms with Gasteiger partial charge in [-0.1, -0.05) is 32.6 Å². The van der Waals surface area contributed by atoms with Gasteiger partial charge in [0.25, 0.3) is 0 Å². The minimum atomic E-state index is -0.156. The number of nitrogens with one attached hydrogen (secondary N) is 2. The summed E-state index contributed by atoms with van der Waals surface area (Å²) in [6.07, 6.45) is 11.1. The summed E-state index contributed by atoms with van der Waals surface area (Å²) in [6, 6.07) is 0.339. The number of hydrogen-bond acceptors (Lipinski definition) is 2. The van der Waals surface area contributed by atoms with E-state index in [1.165, 1.54) is 38.5 Å². The van der Waals surface area contributed by atoms with Gasteiger partial charge in [-0.25, -0.2) is 0 Å². The highest BCUT2D eigenvalue weighted by Crippen LogP contribution is 2.31. The number of hydrogen-bond donors (Lipinski definition) is 2. The Balaban J connectivity index is 1.91. The molecule has 2 rings (SSSR count). The zero-order valence-electron chi connectivity index (χ0n) is 13.3.